The third kappa shape index (κ3) is 2.46. The zero-order chi connectivity index (χ0) is 12.4. The van der Waals surface area contributed by atoms with Gasteiger partial charge >= 0.3 is 0 Å². The first-order valence-electron chi connectivity index (χ1n) is 5.64. The van der Waals surface area contributed by atoms with Crippen molar-refractivity contribution in [3.8, 4) is 0 Å². The van der Waals surface area contributed by atoms with Crippen LogP contribution in [0.2, 0.25) is 0 Å². The van der Waals surface area contributed by atoms with Crippen molar-refractivity contribution >= 4 is 5.82 Å². The van der Waals surface area contributed by atoms with Crippen molar-refractivity contribution in [2.24, 2.45) is 0 Å². The van der Waals surface area contributed by atoms with Crippen LogP contribution in [0.5, 0.6) is 0 Å². The van der Waals surface area contributed by atoms with Crippen molar-refractivity contribution in [2.75, 3.05) is 11.9 Å². The third-order valence-electron chi connectivity index (χ3n) is 2.84. The second-order valence-electron chi connectivity index (χ2n) is 4.30. The highest BCUT2D eigenvalue weighted by atomic mass is 16.5. The lowest BCUT2D eigenvalue weighted by molar-refractivity contribution is 0.392. The van der Waals surface area contributed by atoms with Crippen LogP contribution in [0.4, 0.5) is 5.82 Å². The van der Waals surface area contributed by atoms with Crippen LogP contribution in [0, 0.1) is 20.8 Å². The molecule has 2 heterocycles. The van der Waals surface area contributed by atoms with E-state index in [2.05, 4.69) is 15.0 Å². The molecule has 2 aromatic rings. The van der Waals surface area contributed by atoms with Crippen LogP contribution in [0.1, 0.15) is 22.7 Å². The predicted molar refractivity (Wildman–Crippen MR) is 67.1 cm³/mol. The van der Waals surface area contributed by atoms with Crippen LogP contribution >= 0.6 is 0 Å². The van der Waals surface area contributed by atoms with E-state index in [1.165, 1.54) is 0 Å². The summed E-state index contributed by atoms with van der Waals surface area (Å²) in [5, 5.41) is 3.96. The largest absolute Gasteiger partial charge is 0.361 e. The van der Waals surface area contributed by atoms with E-state index in [9.17, 15) is 0 Å². The minimum atomic E-state index is 0.762. The maximum atomic E-state index is 5.16. The van der Waals surface area contributed by atoms with E-state index >= 15 is 0 Å². The van der Waals surface area contributed by atoms with Crippen LogP contribution in [0.25, 0.3) is 0 Å². The van der Waals surface area contributed by atoms with Gasteiger partial charge in [0.15, 0.2) is 0 Å². The summed E-state index contributed by atoms with van der Waals surface area (Å²) in [4.78, 5) is 6.58. The Morgan fingerprint density at radius 2 is 2.00 bits per heavy atom. The number of aromatic nitrogens is 2. The Bertz CT molecular complexity index is 500. The highest BCUT2D eigenvalue weighted by Crippen LogP contribution is 2.18. The first-order chi connectivity index (χ1) is 8.08. The van der Waals surface area contributed by atoms with Crippen LogP contribution in [0.3, 0.4) is 0 Å². The summed E-state index contributed by atoms with van der Waals surface area (Å²) in [5.74, 6) is 1.84. The third-order valence-corrected chi connectivity index (χ3v) is 2.84. The SMILES string of the molecule is Cc1cccc(N(C)Cc2c(C)noc2C)n1. The Hall–Kier alpha value is -1.84. The molecule has 0 atom stereocenters. The standard InChI is InChI=1S/C13H17N3O/c1-9-6-5-7-13(14-9)16(4)8-12-10(2)15-17-11(12)3/h5-7H,8H2,1-4H3. The maximum Gasteiger partial charge on any atom is 0.138 e. The molecule has 0 amide bonds. The van der Waals surface area contributed by atoms with Gasteiger partial charge in [-0.25, -0.2) is 4.98 Å². The second kappa shape index (κ2) is 4.57. The lowest BCUT2D eigenvalue weighted by Crippen LogP contribution is -2.18. The van der Waals surface area contributed by atoms with Crippen molar-refractivity contribution in [3.05, 3.63) is 40.9 Å². The first kappa shape index (κ1) is 11.6. The van der Waals surface area contributed by atoms with Gasteiger partial charge < -0.3 is 9.42 Å². The molecule has 0 saturated heterocycles. The molecule has 0 bridgehead atoms. The molecule has 0 aromatic carbocycles. The first-order valence-corrected chi connectivity index (χ1v) is 5.64. The van der Waals surface area contributed by atoms with Gasteiger partial charge in [0.25, 0.3) is 0 Å². The topological polar surface area (TPSA) is 42.2 Å². The van der Waals surface area contributed by atoms with E-state index in [4.69, 9.17) is 4.52 Å². The fourth-order valence-electron chi connectivity index (χ4n) is 1.79. The summed E-state index contributed by atoms with van der Waals surface area (Å²) in [6.07, 6.45) is 0. The van der Waals surface area contributed by atoms with Gasteiger partial charge in [-0.1, -0.05) is 11.2 Å². The van der Waals surface area contributed by atoms with E-state index in [1.807, 2.05) is 46.0 Å². The predicted octanol–water partition coefficient (Wildman–Crippen LogP) is 2.63. The van der Waals surface area contributed by atoms with E-state index in [0.717, 1.165) is 35.1 Å². The number of pyridine rings is 1. The minimum absolute atomic E-state index is 0.762. The molecule has 0 saturated carbocycles. The molecule has 4 heteroatoms. The highest BCUT2D eigenvalue weighted by Gasteiger charge is 2.12. The van der Waals surface area contributed by atoms with Gasteiger partial charge in [-0.3, -0.25) is 0 Å². The smallest absolute Gasteiger partial charge is 0.138 e. The molecule has 2 aromatic heterocycles. The van der Waals surface area contributed by atoms with Gasteiger partial charge in [0.1, 0.15) is 11.6 Å². The summed E-state index contributed by atoms with van der Waals surface area (Å²) in [6, 6.07) is 6.01. The van der Waals surface area contributed by atoms with Crippen LogP contribution in [-0.4, -0.2) is 17.2 Å². The molecule has 0 spiro atoms. The number of hydrogen-bond acceptors (Lipinski definition) is 4. The number of rotatable bonds is 3. The molecule has 0 aliphatic heterocycles. The van der Waals surface area contributed by atoms with Crippen molar-refractivity contribution in [1.29, 1.82) is 0 Å². The Balaban J connectivity index is 2.20. The van der Waals surface area contributed by atoms with Gasteiger partial charge in [0, 0.05) is 24.8 Å². The van der Waals surface area contributed by atoms with Gasteiger partial charge in [-0.15, -0.1) is 0 Å². The van der Waals surface area contributed by atoms with Gasteiger partial charge in [-0.05, 0) is 32.9 Å². The molecule has 0 unspecified atom stereocenters. The molecule has 90 valence electrons. The van der Waals surface area contributed by atoms with E-state index in [0.29, 0.717) is 0 Å². The molecule has 0 aliphatic rings. The summed E-state index contributed by atoms with van der Waals surface area (Å²) in [7, 11) is 2.02. The lowest BCUT2D eigenvalue weighted by Gasteiger charge is -2.18. The van der Waals surface area contributed by atoms with E-state index in [1.54, 1.807) is 0 Å². The fraction of sp³-hybridized carbons (Fsp3) is 0.385. The Morgan fingerprint density at radius 1 is 1.24 bits per heavy atom. The number of hydrogen-bond donors (Lipinski definition) is 0. The Morgan fingerprint density at radius 3 is 2.59 bits per heavy atom. The zero-order valence-corrected chi connectivity index (χ0v) is 10.7. The quantitative estimate of drug-likeness (QED) is 0.814. The number of anilines is 1. The fourth-order valence-corrected chi connectivity index (χ4v) is 1.79. The highest BCUT2D eigenvalue weighted by molar-refractivity contribution is 5.40. The monoisotopic (exact) mass is 231 g/mol. The molecule has 0 N–H and O–H groups in total. The molecule has 4 nitrogen and oxygen atoms in total. The normalized spacial score (nSPS) is 10.6. The van der Waals surface area contributed by atoms with Crippen molar-refractivity contribution < 1.29 is 4.52 Å². The number of aryl methyl sites for hydroxylation is 3. The van der Waals surface area contributed by atoms with E-state index in [-0.39, 0.29) is 0 Å². The average molecular weight is 231 g/mol. The van der Waals surface area contributed by atoms with Crippen molar-refractivity contribution in [1.82, 2.24) is 10.1 Å². The Labute approximate surface area is 101 Å². The minimum Gasteiger partial charge on any atom is -0.361 e. The van der Waals surface area contributed by atoms with Crippen molar-refractivity contribution in [2.45, 2.75) is 27.3 Å². The van der Waals surface area contributed by atoms with Crippen molar-refractivity contribution in [3.63, 3.8) is 0 Å². The van der Waals surface area contributed by atoms with Crippen LogP contribution in [-0.2, 0) is 6.54 Å². The summed E-state index contributed by atoms with van der Waals surface area (Å²) < 4.78 is 5.16. The maximum absolute atomic E-state index is 5.16. The van der Waals surface area contributed by atoms with Crippen LogP contribution < -0.4 is 4.90 Å². The molecule has 0 radical (unpaired) electrons. The second-order valence-corrected chi connectivity index (χ2v) is 4.30. The molecular weight excluding hydrogens is 214 g/mol. The average Bonchev–Trinajstić information content (AvgIpc) is 2.61. The zero-order valence-electron chi connectivity index (χ0n) is 10.7. The van der Waals surface area contributed by atoms with Gasteiger partial charge in [0.05, 0.1) is 5.69 Å². The molecule has 0 aliphatic carbocycles. The number of nitrogens with zero attached hydrogens (tertiary/aromatic N) is 3. The molecular formula is C13H17N3O. The molecule has 2 rings (SSSR count). The van der Waals surface area contributed by atoms with Crippen LogP contribution in [0.15, 0.2) is 22.7 Å². The summed E-state index contributed by atoms with van der Waals surface area (Å²) >= 11 is 0. The molecule has 0 fully saturated rings. The summed E-state index contributed by atoms with van der Waals surface area (Å²) in [5.41, 5.74) is 3.10. The molecule has 17 heavy (non-hydrogen) atoms. The van der Waals surface area contributed by atoms with E-state index < -0.39 is 0 Å². The summed E-state index contributed by atoms with van der Waals surface area (Å²) in [6.45, 7) is 6.65. The Kier molecular flexibility index (Phi) is 3.13. The van der Waals surface area contributed by atoms with Gasteiger partial charge in [-0.2, -0.15) is 0 Å². The van der Waals surface area contributed by atoms with Gasteiger partial charge in [0.2, 0.25) is 0 Å². The lowest BCUT2D eigenvalue weighted by atomic mass is 10.2.